The van der Waals surface area contributed by atoms with Crippen LogP contribution in [0.2, 0.25) is 0 Å². The molecule has 0 aromatic carbocycles. The molecule has 0 atom stereocenters. The minimum absolute atomic E-state index is 0.636. The Labute approximate surface area is 113 Å². The molecule has 0 saturated heterocycles. The maximum Gasteiger partial charge on any atom is 0.149 e. The third-order valence-electron chi connectivity index (χ3n) is 3.59. The van der Waals surface area contributed by atoms with Crippen LogP contribution in [0.1, 0.15) is 35.6 Å². The van der Waals surface area contributed by atoms with E-state index < -0.39 is 0 Å². The molecule has 2 heterocycles. The SMILES string of the molecule is Cc1nn(Cc2ncccn2)c(C)c1CNC1CC1. The first kappa shape index (κ1) is 12.3. The second-order valence-electron chi connectivity index (χ2n) is 5.13. The lowest BCUT2D eigenvalue weighted by atomic mass is 10.2. The molecule has 1 saturated carbocycles. The van der Waals surface area contributed by atoms with E-state index in [1.54, 1.807) is 12.4 Å². The zero-order chi connectivity index (χ0) is 13.2. The molecule has 0 bridgehead atoms. The van der Waals surface area contributed by atoms with E-state index in [-0.39, 0.29) is 0 Å². The van der Waals surface area contributed by atoms with E-state index >= 15 is 0 Å². The van der Waals surface area contributed by atoms with Gasteiger partial charge in [0.2, 0.25) is 0 Å². The monoisotopic (exact) mass is 257 g/mol. The molecule has 19 heavy (non-hydrogen) atoms. The molecule has 0 aliphatic heterocycles. The van der Waals surface area contributed by atoms with Crippen LogP contribution < -0.4 is 5.32 Å². The standard InChI is InChI=1S/C14H19N5/c1-10-13(8-17-12-4-5-12)11(2)19(18-10)9-14-15-6-3-7-16-14/h3,6-7,12,17H,4-5,8-9H2,1-2H3. The van der Waals surface area contributed by atoms with Crippen molar-refractivity contribution in [2.45, 2.75) is 45.8 Å². The Kier molecular flexibility index (Phi) is 3.29. The zero-order valence-electron chi connectivity index (χ0n) is 11.4. The minimum Gasteiger partial charge on any atom is -0.310 e. The normalized spacial score (nSPS) is 14.8. The highest BCUT2D eigenvalue weighted by Gasteiger charge is 2.21. The Morgan fingerprint density at radius 1 is 1.26 bits per heavy atom. The molecule has 0 amide bonds. The lowest BCUT2D eigenvalue weighted by molar-refractivity contribution is 0.628. The summed E-state index contributed by atoms with van der Waals surface area (Å²) >= 11 is 0. The number of hydrogen-bond donors (Lipinski definition) is 1. The molecule has 5 nitrogen and oxygen atoms in total. The molecule has 2 aromatic rings. The highest BCUT2D eigenvalue weighted by molar-refractivity contribution is 5.25. The van der Waals surface area contributed by atoms with Crippen LogP contribution in [0.25, 0.3) is 0 Å². The zero-order valence-corrected chi connectivity index (χ0v) is 11.4. The van der Waals surface area contributed by atoms with Crippen LogP contribution in [-0.4, -0.2) is 25.8 Å². The van der Waals surface area contributed by atoms with Crippen molar-refractivity contribution in [1.29, 1.82) is 0 Å². The van der Waals surface area contributed by atoms with Crippen LogP contribution >= 0.6 is 0 Å². The van der Waals surface area contributed by atoms with Gasteiger partial charge in [-0.15, -0.1) is 0 Å². The Morgan fingerprint density at radius 3 is 2.68 bits per heavy atom. The fourth-order valence-corrected chi connectivity index (χ4v) is 2.22. The van der Waals surface area contributed by atoms with Gasteiger partial charge in [0.05, 0.1) is 5.69 Å². The minimum atomic E-state index is 0.636. The van der Waals surface area contributed by atoms with Crippen LogP contribution in [0.3, 0.4) is 0 Å². The molecule has 2 aromatic heterocycles. The Balaban J connectivity index is 1.76. The van der Waals surface area contributed by atoms with E-state index in [1.807, 2.05) is 10.7 Å². The van der Waals surface area contributed by atoms with Gasteiger partial charge in [0.25, 0.3) is 0 Å². The highest BCUT2D eigenvalue weighted by atomic mass is 15.3. The predicted molar refractivity (Wildman–Crippen MR) is 72.7 cm³/mol. The maximum atomic E-state index is 4.60. The summed E-state index contributed by atoms with van der Waals surface area (Å²) in [5.41, 5.74) is 3.61. The molecule has 3 rings (SSSR count). The maximum absolute atomic E-state index is 4.60. The van der Waals surface area contributed by atoms with Crippen molar-refractivity contribution >= 4 is 0 Å². The van der Waals surface area contributed by atoms with Crippen molar-refractivity contribution in [3.8, 4) is 0 Å². The van der Waals surface area contributed by atoms with E-state index in [0.29, 0.717) is 6.54 Å². The van der Waals surface area contributed by atoms with Crippen LogP contribution in [0.5, 0.6) is 0 Å². The number of hydrogen-bond acceptors (Lipinski definition) is 4. The summed E-state index contributed by atoms with van der Waals surface area (Å²) in [4.78, 5) is 8.50. The molecule has 0 radical (unpaired) electrons. The number of aromatic nitrogens is 4. The van der Waals surface area contributed by atoms with Gasteiger partial charge in [-0.25, -0.2) is 9.97 Å². The number of nitrogens with one attached hydrogen (secondary N) is 1. The van der Waals surface area contributed by atoms with Gasteiger partial charge >= 0.3 is 0 Å². The first-order valence-electron chi connectivity index (χ1n) is 6.76. The molecule has 1 fully saturated rings. The Morgan fingerprint density at radius 2 is 2.00 bits per heavy atom. The summed E-state index contributed by atoms with van der Waals surface area (Å²) in [6.07, 6.45) is 6.15. The van der Waals surface area contributed by atoms with Crippen molar-refractivity contribution in [3.63, 3.8) is 0 Å². The lowest BCUT2D eigenvalue weighted by Crippen LogP contribution is -2.16. The van der Waals surface area contributed by atoms with Gasteiger partial charge < -0.3 is 5.32 Å². The van der Waals surface area contributed by atoms with Crippen molar-refractivity contribution in [3.05, 3.63) is 41.2 Å². The van der Waals surface area contributed by atoms with Gasteiger partial charge in [0.15, 0.2) is 0 Å². The van der Waals surface area contributed by atoms with E-state index in [4.69, 9.17) is 0 Å². The molecule has 1 aliphatic carbocycles. The van der Waals surface area contributed by atoms with Gasteiger partial charge in [0.1, 0.15) is 12.4 Å². The molecule has 5 heteroatoms. The summed E-state index contributed by atoms with van der Waals surface area (Å²) in [6.45, 7) is 5.74. The summed E-state index contributed by atoms with van der Waals surface area (Å²) in [5, 5.41) is 8.15. The molecule has 0 unspecified atom stereocenters. The van der Waals surface area contributed by atoms with Gasteiger partial charge in [-0.3, -0.25) is 4.68 Å². The van der Waals surface area contributed by atoms with Gasteiger partial charge in [-0.1, -0.05) is 0 Å². The predicted octanol–water partition coefficient (Wildman–Crippen LogP) is 1.59. The fraction of sp³-hybridized carbons (Fsp3) is 0.500. The molecule has 1 N–H and O–H groups in total. The van der Waals surface area contributed by atoms with Gasteiger partial charge in [0, 0.05) is 36.2 Å². The van der Waals surface area contributed by atoms with Gasteiger partial charge in [-0.2, -0.15) is 5.10 Å². The second-order valence-corrected chi connectivity index (χ2v) is 5.13. The number of nitrogens with zero attached hydrogens (tertiary/aromatic N) is 4. The van der Waals surface area contributed by atoms with E-state index in [2.05, 4.69) is 34.2 Å². The number of aryl methyl sites for hydroxylation is 1. The summed E-state index contributed by atoms with van der Waals surface area (Å²) in [5.74, 6) is 0.801. The van der Waals surface area contributed by atoms with Gasteiger partial charge in [-0.05, 0) is 32.8 Å². The van der Waals surface area contributed by atoms with Crippen LogP contribution in [0.15, 0.2) is 18.5 Å². The lowest BCUT2D eigenvalue weighted by Gasteiger charge is -2.05. The number of rotatable bonds is 5. The molecule has 0 spiro atoms. The third kappa shape index (κ3) is 2.81. The summed E-state index contributed by atoms with van der Waals surface area (Å²) in [7, 11) is 0. The largest absolute Gasteiger partial charge is 0.310 e. The van der Waals surface area contributed by atoms with Crippen LogP contribution in [0.4, 0.5) is 0 Å². The second kappa shape index (κ2) is 5.09. The van der Waals surface area contributed by atoms with Crippen LogP contribution in [-0.2, 0) is 13.1 Å². The fourth-order valence-electron chi connectivity index (χ4n) is 2.22. The highest BCUT2D eigenvalue weighted by Crippen LogP contribution is 2.21. The first-order valence-corrected chi connectivity index (χ1v) is 6.76. The summed E-state index contributed by atoms with van der Waals surface area (Å²) in [6, 6.07) is 2.55. The quantitative estimate of drug-likeness (QED) is 0.883. The Bertz CT molecular complexity index is 557. The average Bonchev–Trinajstić information content (AvgIpc) is 3.19. The average molecular weight is 257 g/mol. The van der Waals surface area contributed by atoms with Crippen LogP contribution in [0, 0.1) is 13.8 Å². The van der Waals surface area contributed by atoms with Crippen molar-refractivity contribution < 1.29 is 0 Å². The van der Waals surface area contributed by atoms with E-state index in [1.165, 1.54) is 24.1 Å². The van der Waals surface area contributed by atoms with E-state index in [0.717, 1.165) is 24.1 Å². The Hall–Kier alpha value is -1.75. The third-order valence-corrected chi connectivity index (χ3v) is 3.59. The summed E-state index contributed by atoms with van der Waals surface area (Å²) < 4.78 is 1.99. The van der Waals surface area contributed by atoms with Crippen molar-refractivity contribution in [2.75, 3.05) is 0 Å². The molecular formula is C14H19N5. The molecular weight excluding hydrogens is 238 g/mol. The van der Waals surface area contributed by atoms with Crippen molar-refractivity contribution in [1.82, 2.24) is 25.1 Å². The first-order chi connectivity index (χ1) is 9.24. The molecule has 1 aliphatic rings. The molecule has 100 valence electrons. The van der Waals surface area contributed by atoms with Crippen molar-refractivity contribution in [2.24, 2.45) is 0 Å². The van der Waals surface area contributed by atoms with E-state index in [9.17, 15) is 0 Å². The smallest absolute Gasteiger partial charge is 0.149 e. The topological polar surface area (TPSA) is 55.6 Å².